The van der Waals surface area contributed by atoms with Gasteiger partial charge in [-0.3, -0.25) is 9.48 Å². The summed E-state index contributed by atoms with van der Waals surface area (Å²) in [6.07, 6.45) is 0.392. The van der Waals surface area contributed by atoms with Crippen molar-refractivity contribution in [3.8, 4) is 0 Å². The van der Waals surface area contributed by atoms with Crippen molar-refractivity contribution in [3.05, 3.63) is 41.1 Å². The van der Waals surface area contributed by atoms with Crippen molar-refractivity contribution in [2.45, 2.75) is 40.2 Å². The molecule has 1 heterocycles. The van der Waals surface area contributed by atoms with Crippen LogP contribution >= 0.6 is 0 Å². The van der Waals surface area contributed by atoms with Crippen molar-refractivity contribution in [3.63, 3.8) is 0 Å². The van der Waals surface area contributed by atoms with Crippen LogP contribution in [0.25, 0.3) is 0 Å². The van der Waals surface area contributed by atoms with Crippen LogP contribution in [0.15, 0.2) is 24.3 Å². The molecule has 1 unspecified atom stereocenters. The Morgan fingerprint density at radius 3 is 2.59 bits per heavy atom. The number of rotatable bonds is 5. The summed E-state index contributed by atoms with van der Waals surface area (Å²) in [5.74, 6) is 0.798. The first-order valence-electron chi connectivity index (χ1n) is 7.49. The van der Waals surface area contributed by atoms with Crippen LogP contribution in [0, 0.1) is 20.8 Å². The van der Waals surface area contributed by atoms with E-state index in [4.69, 9.17) is 0 Å². The molecule has 0 aliphatic carbocycles. The molecule has 1 aromatic carbocycles. The van der Waals surface area contributed by atoms with Crippen LogP contribution in [0.2, 0.25) is 0 Å². The SMILES string of the molecule is Cc1ccc(NC(=O)CC(C)Nc2cc(C)n(C)n2)c(C)c1. The van der Waals surface area contributed by atoms with Gasteiger partial charge in [-0.25, -0.2) is 0 Å². The third-order valence-corrected chi connectivity index (χ3v) is 3.66. The molecule has 0 saturated heterocycles. The smallest absolute Gasteiger partial charge is 0.226 e. The highest BCUT2D eigenvalue weighted by molar-refractivity contribution is 5.92. The molecule has 0 spiro atoms. The molecule has 1 atom stereocenters. The fourth-order valence-electron chi connectivity index (χ4n) is 2.37. The monoisotopic (exact) mass is 300 g/mol. The molecular weight excluding hydrogens is 276 g/mol. The lowest BCUT2D eigenvalue weighted by Gasteiger charge is -2.14. The molecular formula is C17H24N4O. The summed E-state index contributed by atoms with van der Waals surface area (Å²) in [5.41, 5.74) is 4.22. The van der Waals surface area contributed by atoms with Gasteiger partial charge in [-0.15, -0.1) is 0 Å². The second kappa shape index (κ2) is 6.64. The van der Waals surface area contributed by atoms with E-state index < -0.39 is 0 Å². The number of hydrogen-bond donors (Lipinski definition) is 2. The molecule has 5 heteroatoms. The number of carbonyl (C=O) groups is 1. The first-order valence-corrected chi connectivity index (χ1v) is 7.49. The van der Waals surface area contributed by atoms with Gasteiger partial charge in [0.25, 0.3) is 0 Å². The number of aromatic nitrogens is 2. The van der Waals surface area contributed by atoms with E-state index in [1.54, 1.807) is 0 Å². The van der Waals surface area contributed by atoms with E-state index in [0.29, 0.717) is 6.42 Å². The summed E-state index contributed by atoms with van der Waals surface area (Å²) in [7, 11) is 1.90. The second-order valence-electron chi connectivity index (χ2n) is 5.91. The average Bonchev–Trinajstić information content (AvgIpc) is 2.71. The Balaban J connectivity index is 1.91. The van der Waals surface area contributed by atoms with Crippen molar-refractivity contribution in [2.75, 3.05) is 10.6 Å². The van der Waals surface area contributed by atoms with Crippen LogP contribution in [0.5, 0.6) is 0 Å². The molecule has 0 aliphatic heterocycles. The van der Waals surface area contributed by atoms with Crippen LogP contribution < -0.4 is 10.6 Å². The first-order chi connectivity index (χ1) is 10.3. The van der Waals surface area contributed by atoms with Gasteiger partial charge in [0, 0.05) is 37.0 Å². The third-order valence-electron chi connectivity index (χ3n) is 3.66. The summed E-state index contributed by atoms with van der Waals surface area (Å²) in [6.45, 7) is 8.02. The fraction of sp³-hybridized carbons (Fsp3) is 0.412. The normalized spacial score (nSPS) is 12.0. The minimum atomic E-state index is -0.000365. The van der Waals surface area contributed by atoms with Crippen LogP contribution in [0.3, 0.4) is 0 Å². The number of carbonyl (C=O) groups excluding carboxylic acids is 1. The maximum absolute atomic E-state index is 12.1. The van der Waals surface area contributed by atoms with Gasteiger partial charge in [-0.1, -0.05) is 17.7 Å². The van der Waals surface area contributed by atoms with Gasteiger partial charge < -0.3 is 10.6 Å². The number of amides is 1. The minimum absolute atomic E-state index is 0.000365. The van der Waals surface area contributed by atoms with Crippen LogP contribution in [-0.2, 0) is 11.8 Å². The standard InChI is InChI=1S/C17H24N4O/c1-11-6-7-15(12(2)8-11)19-17(22)9-13(3)18-16-10-14(4)21(5)20-16/h6-8,10,13H,9H2,1-5H3,(H,18,20)(H,19,22). The summed E-state index contributed by atoms with van der Waals surface area (Å²) in [5, 5.41) is 10.6. The van der Waals surface area contributed by atoms with E-state index in [0.717, 1.165) is 22.8 Å². The molecule has 1 aromatic heterocycles. The molecule has 0 fully saturated rings. The Bertz CT molecular complexity index is 656. The predicted octanol–water partition coefficient (Wildman–Crippen LogP) is 3.17. The van der Waals surface area contributed by atoms with Gasteiger partial charge >= 0.3 is 0 Å². The number of benzene rings is 1. The summed E-state index contributed by atoms with van der Waals surface area (Å²) in [6, 6.07) is 8.00. The molecule has 2 aromatic rings. The van der Waals surface area contributed by atoms with Gasteiger partial charge in [-0.2, -0.15) is 5.10 Å². The van der Waals surface area contributed by atoms with Crippen molar-refractivity contribution < 1.29 is 4.79 Å². The first kappa shape index (κ1) is 16.1. The van der Waals surface area contributed by atoms with Crippen LogP contribution in [0.1, 0.15) is 30.2 Å². The van der Waals surface area contributed by atoms with E-state index in [-0.39, 0.29) is 11.9 Å². The summed E-state index contributed by atoms with van der Waals surface area (Å²) in [4.78, 5) is 12.1. The topological polar surface area (TPSA) is 59.0 Å². The molecule has 22 heavy (non-hydrogen) atoms. The maximum Gasteiger partial charge on any atom is 0.226 e. The quantitative estimate of drug-likeness (QED) is 0.891. The van der Waals surface area contributed by atoms with Crippen LogP contribution in [-0.4, -0.2) is 21.7 Å². The van der Waals surface area contributed by atoms with Crippen molar-refractivity contribution in [1.29, 1.82) is 0 Å². The maximum atomic E-state index is 12.1. The van der Waals surface area contributed by atoms with E-state index in [1.165, 1.54) is 5.56 Å². The predicted molar refractivity (Wildman–Crippen MR) is 90.2 cm³/mol. The van der Waals surface area contributed by atoms with Gasteiger partial charge in [0.2, 0.25) is 5.91 Å². The number of hydrogen-bond acceptors (Lipinski definition) is 3. The highest BCUT2D eigenvalue weighted by Gasteiger charge is 2.12. The summed E-state index contributed by atoms with van der Waals surface area (Å²) >= 11 is 0. The lowest BCUT2D eigenvalue weighted by Crippen LogP contribution is -2.24. The minimum Gasteiger partial charge on any atom is -0.366 e. The highest BCUT2D eigenvalue weighted by Crippen LogP contribution is 2.17. The van der Waals surface area contributed by atoms with Gasteiger partial charge in [0.15, 0.2) is 0 Å². The molecule has 0 aliphatic rings. The van der Waals surface area contributed by atoms with Gasteiger partial charge in [-0.05, 0) is 39.3 Å². The largest absolute Gasteiger partial charge is 0.366 e. The van der Waals surface area contributed by atoms with Crippen molar-refractivity contribution in [2.24, 2.45) is 7.05 Å². The van der Waals surface area contributed by atoms with E-state index in [1.807, 2.05) is 57.6 Å². The Morgan fingerprint density at radius 2 is 2.00 bits per heavy atom. The zero-order valence-electron chi connectivity index (χ0n) is 13.9. The lowest BCUT2D eigenvalue weighted by atomic mass is 10.1. The molecule has 5 nitrogen and oxygen atoms in total. The van der Waals surface area contributed by atoms with Crippen molar-refractivity contribution >= 4 is 17.4 Å². The van der Waals surface area contributed by atoms with Gasteiger partial charge in [0.1, 0.15) is 5.82 Å². The molecule has 0 bridgehead atoms. The second-order valence-corrected chi connectivity index (χ2v) is 5.91. The highest BCUT2D eigenvalue weighted by atomic mass is 16.1. The molecule has 0 radical (unpaired) electrons. The number of nitrogens with zero attached hydrogens (tertiary/aromatic N) is 2. The Labute approximate surface area is 131 Å². The Morgan fingerprint density at radius 1 is 1.27 bits per heavy atom. The Kier molecular flexibility index (Phi) is 4.85. The van der Waals surface area contributed by atoms with E-state index in [9.17, 15) is 4.79 Å². The molecule has 2 rings (SSSR count). The van der Waals surface area contributed by atoms with Gasteiger partial charge in [0.05, 0.1) is 0 Å². The Hall–Kier alpha value is -2.30. The fourth-order valence-corrected chi connectivity index (χ4v) is 2.37. The van der Waals surface area contributed by atoms with Crippen LogP contribution in [0.4, 0.5) is 11.5 Å². The van der Waals surface area contributed by atoms with E-state index in [2.05, 4.69) is 21.8 Å². The number of nitrogens with one attached hydrogen (secondary N) is 2. The average molecular weight is 300 g/mol. The zero-order chi connectivity index (χ0) is 16.3. The molecule has 118 valence electrons. The zero-order valence-corrected chi connectivity index (χ0v) is 13.9. The molecule has 2 N–H and O–H groups in total. The molecule has 0 saturated carbocycles. The number of aryl methyl sites for hydroxylation is 4. The molecule has 1 amide bonds. The lowest BCUT2D eigenvalue weighted by molar-refractivity contribution is -0.116. The number of anilines is 2. The van der Waals surface area contributed by atoms with Crippen molar-refractivity contribution in [1.82, 2.24) is 9.78 Å². The third kappa shape index (κ3) is 4.10. The summed E-state index contributed by atoms with van der Waals surface area (Å²) < 4.78 is 1.81. The van der Waals surface area contributed by atoms with E-state index >= 15 is 0 Å².